The Morgan fingerprint density at radius 3 is 2.45 bits per heavy atom. The van der Waals surface area contributed by atoms with E-state index in [0.717, 1.165) is 31.5 Å². The lowest BCUT2D eigenvalue weighted by Crippen LogP contribution is -2.43. The van der Waals surface area contributed by atoms with Crippen LogP contribution in [-0.2, 0) is 4.79 Å². The lowest BCUT2D eigenvalue weighted by molar-refractivity contribution is -0.127. The number of halogens is 2. The first-order chi connectivity index (χ1) is 16.1. The summed E-state index contributed by atoms with van der Waals surface area (Å²) in [4.78, 5) is 19.7. The van der Waals surface area contributed by atoms with Gasteiger partial charge in [-0.25, -0.2) is 8.78 Å². The Labute approximate surface area is 192 Å². The first-order valence-corrected chi connectivity index (χ1v) is 11.2. The van der Waals surface area contributed by atoms with Gasteiger partial charge in [0.25, 0.3) is 0 Å². The Kier molecular flexibility index (Phi) is 7.62. The largest absolute Gasteiger partial charge is 0.489 e. The zero-order valence-electron chi connectivity index (χ0n) is 18.3. The van der Waals surface area contributed by atoms with E-state index in [-0.39, 0.29) is 29.2 Å². The molecular formula is C26H27F2N3O2. The van der Waals surface area contributed by atoms with Gasteiger partial charge in [0.2, 0.25) is 5.91 Å². The normalized spacial score (nSPS) is 15.7. The molecule has 4 rings (SSSR count). The van der Waals surface area contributed by atoms with Crippen LogP contribution in [0.4, 0.5) is 8.78 Å². The molecule has 1 unspecified atom stereocenters. The van der Waals surface area contributed by atoms with Crippen molar-refractivity contribution in [3.8, 4) is 5.75 Å². The van der Waals surface area contributed by atoms with Crippen LogP contribution in [-0.4, -0.2) is 42.0 Å². The minimum atomic E-state index is -0.438. The lowest BCUT2D eigenvalue weighted by Gasteiger charge is -2.32. The Hall–Kier alpha value is -3.32. The van der Waals surface area contributed by atoms with Gasteiger partial charge in [0.05, 0.1) is 11.7 Å². The Balaban J connectivity index is 1.30. The molecule has 0 bridgehead atoms. The molecule has 1 atom stereocenters. The number of hydrogen-bond acceptors (Lipinski definition) is 4. The summed E-state index contributed by atoms with van der Waals surface area (Å²) < 4.78 is 32.6. The second kappa shape index (κ2) is 11.0. The molecule has 0 aliphatic carbocycles. The van der Waals surface area contributed by atoms with E-state index in [9.17, 15) is 13.6 Å². The fourth-order valence-electron chi connectivity index (χ4n) is 4.06. The van der Waals surface area contributed by atoms with Crippen LogP contribution in [0.1, 0.15) is 30.1 Å². The average Bonchev–Trinajstić information content (AvgIpc) is 2.85. The van der Waals surface area contributed by atoms with E-state index in [1.165, 1.54) is 18.2 Å². The molecule has 1 aromatic heterocycles. The Morgan fingerprint density at radius 1 is 1.03 bits per heavy atom. The van der Waals surface area contributed by atoms with Crippen LogP contribution < -0.4 is 10.1 Å². The summed E-state index contributed by atoms with van der Waals surface area (Å²) in [6.45, 7) is 2.60. The number of para-hydroxylation sites is 1. The number of nitrogens with zero attached hydrogens (tertiary/aromatic N) is 2. The van der Waals surface area contributed by atoms with E-state index in [4.69, 9.17) is 4.74 Å². The highest BCUT2D eigenvalue weighted by molar-refractivity contribution is 5.79. The molecule has 5 nitrogen and oxygen atoms in total. The summed E-state index contributed by atoms with van der Waals surface area (Å²) in [5.41, 5.74) is 1.49. The summed E-state index contributed by atoms with van der Waals surface area (Å²) in [5.74, 6) is -0.571. The van der Waals surface area contributed by atoms with Crippen LogP contribution >= 0.6 is 0 Å². The van der Waals surface area contributed by atoms with Crippen molar-refractivity contribution >= 4 is 5.91 Å². The maximum Gasteiger partial charge on any atom is 0.224 e. The summed E-state index contributed by atoms with van der Waals surface area (Å²) in [6, 6.07) is 17.6. The first-order valence-electron chi connectivity index (χ1n) is 11.2. The fourth-order valence-corrected chi connectivity index (χ4v) is 4.06. The van der Waals surface area contributed by atoms with Crippen molar-refractivity contribution in [2.45, 2.75) is 18.9 Å². The van der Waals surface area contributed by atoms with Gasteiger partial charge >= 0.3 is 0 Å². The smallest absolute Gasteiger partial charge is 0.224 e. The maximum absolute atomic E-state index is 13.7. The van der Waals surface area contributed by atoms with E-state index in [0.29, 0.717) is 18.8 Å². The van der Waals surface area contributed by atoms with Gasteiger partial charge in [0, 0.05) is 18.7 Å². The van der Waals surface area contributed by atoms with Crippen LogP contribution in [0.15, 0.2) is 72.9 Å². The van der Waals surface area contributed by atoms with Crippen LogP contribution in [0, 0.1) is 17.6 Å². The molecule has 1 fully saturated rings. The first kappa shape index (κ1) is 22.9. The second-order valence-corrected chi connectivity index (χ2v) is 8.14. The van der Waals surface area contributed by atoms with Crippen molar-refractivity contribution in [1.82, 2.24) is 15.2 Å². The molecular weight excluding hydrogens is 424 g/mol. The Bertz CT molecular complexity index is 1040. The van der Waals surface area contributed by atoms with Gasteiger partial charge < -0.3 is 10.1 Å². The number of nitrogens with one attached hydrogen (secondary N) is 1. The number of carbonyl (C=O) groups excluding carboxylic acids is 1. The number of amides is 1. The lowest BCUT2D eigenvalue weighted by atomic mass is 9.94. The summed E-state index contributed by atoms with van der Waals surface area (Å²) in [5, 5.41) is 3.12. The molecule has 172 valence electrons. The highest BCUT2D eigenvalue weighted by Crippen LogP contribution is 2.24. The summed E-state index contributed by atoms with van der Waals surface area (Å²) in [7, 11) is 0. The van der Waals surface area contributed by atoms with Crippen molar-refractivity contribution in [3.05, 3.63) is 95.8 Å². The van der Waals surface area contributed by atoms with Gasteiger partial charge in [-0.05, 0) is 67.9 Å². The van der Waals surface area contributed by atoms with Crippen LogP contribution in [0.5, 0.6) is 5.75 Å². The molecule has 3 aromatic rings. The molecule has 1 aliphatic rings. The third kappa shape index (κ3) is 6.14. The monoisotopic (exact) mass is 451 g/mol. The zero-order valence-corrected chi connectivity index (χ0v) is 18.3. The number of hydrogen-bond donors (Lipinski definition) is 1. The van der Waals surface area contributed by atoms with E-state index >= 15 is 0 Å². The third-order valence-corrected chi connectivity index (χ3v) is 5.93. The molecule has 0 saturated carbocycles. The Morgan fingerprint density at radius 2 is 1.76 bits per heavy atom. The predicted octanol–water partition coefficient (Wildman–Crippen LogP) is 4.36. The highest BCUT2D eigenvalue weighted by Gasteiger charge is 2.28. The van der Waals surface area contributed by atoms with Crippen molar-refractivity contribution in [2.24, 2.45) is 5.92 Å². The standard InChI is InChI=1S/C26H27F2N3O2/c27-21-10-8-19(9-11-21)25(23-6-3-4-14-29-23)30-26(32)20-12-15-31(16-13-20)17-18-33-24-7-2-1-5-22(24)28/h1-11,14,20,25H,12-13,15-18H2,(H,30,32). The number of aromatic nitrogens is 1. The summed E-state index contributed by atoms with van der Waals surface area (Å²) in [6.07, 6.45) is 3.13. The SMILES string of the molecule is O=C(NC(c1ccc(F)cc1)c1ccccn1)C1CCN(CCOc2ccccc2F)CC1. The van der Waals surface area contributed by atoms with E-state index in [1.54, 1.807) is 36.5 Å². The number of carbonyl (C=O) groups is 1. The summed E-state index contributed by atoms with van der Waals surface area (Å²) >= 11 is 0. The number of likely N-dealkylation sites (tertiary alicyclic amines) is 1. The molecule has 7 heteroatoms. The molecule has 1 aliphatic heterocycles. The minimum absolute atomic E-state index is 0.0303. The van der Waals surface area contributed by atoms with E-state index < -0.39 is 6.04 Å². The number of benzene rings is 2. The topological polar surface area (TPSA) is 54.5 Å². The number of piperidine rings is 1. The van der Waals surface area contributed by atoms with Gasteiger partial charge in [0.1, 0.15) is 12.4 Å². The van der Waals surface area contributed by atoms with Crippen LogP contribution in [0.3, 0.4) is 0 Å². The molecule has 2 heterocycles. The predicted molar refractivity (Wildman–Crippen MR) is 122 cm³/mol. The minimum Gasteiger partial charge on any atom is -0.489 e. The molecule has 2 aromatic carbocycles. The van der Waals surface area contributed by atoms with Gasteiger partial charge in [-0.3, -0.25) is 14.7 Å². The van der Waals surface area contributed by atoms with E-state index in [2.05, 4.69) is 15.2 Å². The quantitative estimate of drug-likeness (QED) is 0.553. The molecule has 33 heavy (non-hydrogen) atoms. The van der Waals surface area contributed by atoms with Crippen LogP contribution in [0.2, 0.25) is 0 Å². The van der Waals surface area contributed by atoms with Crippen molar-refractivity contribution < 1.29 is 18.3 Å². The zero-order chi connectivity index (χ0) is 23.0. The average molecular weight is 452 g/mol. The molecule has 1 saturated heterocycles. The van der Waals surface area contributed by atoms with Gasteiger partial charge in [-0.1, -0.05) is 30.3 Å². The van der Waals surface area contributed by atoms with Crippen molar-refractivity contribution in [2.75, 3.05) is 26.2 Å². The third-order valence-electron chi connectivity index (χ3n) is 5.93. The fraction of sp³-hybridized carbons (Fsp3) is 0.308. The van der Waals surface area contributed by atoms with Crippen LogP contribution in [0.25, 0.3) is 0 Å². The number of rotatable bonds is 8. The molecule has 1 N–H and O–H groups in total. The molecule has 0 spiro atoms. The molecule has 1 amide bonds. The number of pyridine rings is 1. The van der Waals surface area contributed by atoms with Gasteiger partial charge in [-0.2, -0.15) is 0 Å². The number of ether oxygens (including phenoxy) is 1. The van der Waals surface area contributed by atoms with Crippen molar-refractivity contribution in [1.29, 1.82) is 0 Å². The van der Waals surface area contributed by atoms with Gasteiger partial charge in [0.15, 0.2) is 11.6 Å². The van der Waals surface area contributed by atoms with E-state index in [1.807, 2.05) is 18.2 Å². The maximum atomic E-state index is 13.7. The van der Waals surface area contributed by atoms with Gasteiger partial charge in [-0.15, -0.1) is 0 Å². The highest BCUT2D eigenvalue weighted by atomic mass is 19.1. The molecule has 0 radical (unpaired) electrons. The van der Waals surface area contributed by atoms with Crippen molar-refractivity contribution in [3.63, 3.8) is 0 Å². The second-order valence-electron chi connectivity index (χ2n) is 8.14.